The first-order chi connectivity index (χ1) is 6.77. The number of hydrogen-bond donors (Lipinski definition) is 2. The number of aliphatic carboxylic acids is 2. The smallest absolute Gasteiger partial charge is 0.306 e. The molecular weight excluding hydrogens is 196 g/mol. The van der Waals surface area contributed by atoms with E-state index in [1.54, 1.807) is 6.92 Å². The highest BCUT2D eigenvalue weighted by atomic mass is 16.4. The predicted octanol–water partition coefficient (Wildman–Crippen LogP) is 2.09. The van der Waals surface area contributed by atoms with E-state index in [1.165, 1.54) is 0 Å². The van der Waals surface area contributed by atoms with Crippen molar-refractivity contribution >= 4 is 11.9 Å². The SMILES string of the molecule is CC(CC(=O)O)C(C)C(C)C(C)C(=O)O. The summed E-state index contributed by atoms with van der Waals surface area (Å²) in [5.74, 6) is -2.01. The zero-order valence-corrected chi connectivity index (χ0v) is 9.73. The maximum absolute atomic E-state index is 10.8. The maximum Gasteiger partial charge on any atom is 0.306 e. The molecule has 0 fully saturated rings. The molecule has 0 aliphatic carbocycles. The van der Waals surface area contributed by atoms with E-state index in [0.717, 1.165) is 0 Å². The van der Waals surface area contributed by atoms with E-state index >= 15 is 0 Å². The zero-order valence-electron chi connectivity index (χ0n) is 9.73. The highest BCUT2D eigenvalue weighted by molar-refractivity contribution is 5.70. The van der Waals surface area contributed by atoms with E-state index in [-0.39, 0.29) is 24.2 Å². The van der Waals surface area contributed by atoms with Crippen LogP contribution in [0.15, 0.2) is 0 Å². The van der Waals surface area contributed by atoms with E-state index < -0.39 is 17.9 Å². The molecule has 0 heterocycles. The molecule has 4 unspecified atom stereocenters. The van der Waals surface area contributed by atoms with E-state index in [0.29, 0.717) is 0 Å². The summed E-state index contributed by atoms with van der Waals surface area (Å²) in [5, 5.41) is 17.5. The van der Waals surface area contributed by atoms with Crippen molar-refractivity contribution in [1.29, 1.82) is 0 Å². The van der Waals surface area contributed by atoms with Crippen molar-refractivity contribution in [2.45, 2.75) is 34.1 Å². The first kappa shape index (κ1) is 13.9. The Morgan fingerprint density at radius 1 is 1.00 bits per heavy atom. The third kappa shape index (κ3) is 4.32. The Morgan fingerprint density at radius 3 is 1.80 bits per heavy atom. The van der Waals surface area contributed by atoms with Gasteiger partial charge < -0.3 is 10.2 Å². The normalized spacial score (nSPS) is 18.9. The third-order valence-electron chi connectivity index (χ3n) is 3.40. The predicted molar refractivity (Wildman–Crippen MR) is 56.5 cm³/mol. The van der Waals surface area contributed by atoms with Crippen molar-refractivity contribution in [3.05, 3.63) is 0 Å². The molecule has 0 saturated heterocycles. The van der Waals surface area contributed by atoms with E-state index in [9.17, 15) is 9.59 Å². The van der Waals surface area contributed by atoms with E-state index in [2.05, 4.69) is 0 Å². The van der Waals surface area contributed by atoms with Crippen molar-refractivity contribution < 1.29 is 19.8 Å². The van der Waals surface area contributed by atoms with Crippen LogP contribution in [0.5, 0.6) is 0 Å². The molecule has 0 aromatic heterocycles. The Bertz CT molecular complexity index is 237. The van der Waals surface area contributed by atoms with Crippen LogP contribution in [0.25, 0.3) is 0 Å². The first-order valence-corrected chi connectivity index (χ1v) is 5.22. The second kappa shape index (κ2) is 5.73. The summed E-state index contributed by atoms with van der Waals surface area (Å²) in [6, 6.07) is 0. The number of hydrogen-bond acceptors (Lipinski definition) is 2. The Labute approximate surface area is 90.3 Å². The van der Waals surface area contributed by atoms with Crippen LogP contribution in [-0.4, -0.2) is 22.2 Å². The molecule has 0 spiro atoms. The molecule has 0 rings (SSSR count). The molecule has 0 aliphatic rings. The van der Waals surface area contributed by atoms with Gasteiger partial charge in [-0.05, 0) is 17.8 Å². The first-order valence-electron chi connectivity index (χ1n) is 5.22. The number of carbonyl (C=O) groups is 2. The molecular formula is C11H20O4. The molecule has 4 nitrogen and oxygen atoms in total. The molecule has 15 heavy (non-hydrogen) atoms. The van der Waals surface area contributed by atoms with Gasteiger partial charge in [0.25, 0.3) is 0 Å². The monoisotopic (exact) mass is 216 g/mol. The summed E-state index contributed by atoms with van der Waals surface area (Å²) in [7, 11) is 0. The molecule has 0 aliphatic heterocycles. The van der Waals surface area contributed by atoms with Gasteiger partial charge in [-0.2, -0.15) is 0 Å². The second-order valence-corrected chi connectivity index (χ2v) is 4.42. The minimum atomic E-state index is -0.829. The van der Waals surface area contributed by atoms with Crippen molar-refractivity contribution in [2.75, 3.05) is 0 Å². The summed E-state index contributed by atoms with van der Waals surface area (Å²) >= 11 is 0. The van der Waals surface area contributed by atoms with Crippen LogP contribution in [0.4, 0.5) is 0 Å². The van der Waals surface area contributed by atoms with Gasteiger partial charge in [0.1, 0.15) is 0 Å². The van der Waals surface area contributed by atoms with Crippen LogP contribution in [0.1, 0.15) is 34.1 Å². The lowest BCUT2D eigenvalue weighted by Gasteiger charge is -2.27. The average Bonchev–Trinajstić information content (AvgIpc) is 2.13. The van der Waals surface area contributed by atoms with E-state index in [4.69, 9.17) is 10.2 Å². The minimum Gasteiger partial charge on any atom is -0.481 e. The number of carboxylic acids is 2. The van der Waals surface area contributed by atoms with Crippen LogP contribution < -0.4 is 0 Å². The Morgan fingerprint density at radius 2 is 1.47 bits per heavy atom. The van der Waals surface area contributed by atoms with E-state index in [1.807, 2.05) is 20.8 Å². The summed E-state index contributed by atoms with van der Waals surface area (Å²) in [4.78, 5) is 21.3. The Kier molecular flexibility index (Phi) is 5.33. The fraction of sp³-hybridized carbons (Fsp3) is 0.818. The largest absolute Gasteiger partial charge is 0.481 e. The van der Waals surface area contributed by atoms with Crippen LogP contribution >= 0.6 is 0 Å². The van der Waals surface area contributed by atoms with Crippen LogP contribution in [0.3, 0.4) is 0 Å². The number of rotatable bonds is 6. The quantitative estimate of drug-likeness (QED) is 0.713. The van der Waals surface area contributed by atoms with Crippen LogP contribution in [0, 0.1) is 23.7 Å². The average molecular weight is 216 g/mol. The van der Waals surface area contributed by atoms with Gasteiger partial charge in [-0.3, -0.25) is 9.59 Å². The molecule has 0 aromatic carbocycles. The summed E-state index contributed by atoms with van der Waals surface area (Å²) in [5.41, 5.74) is 0. The van der Waals surface area contributed by atoms with Crippen molar-refractivity contribution in [2.24, 2.45) is 23.7 Å². The minimum absolute atomic E-state index is 0.000648. The summed E-state index contributed by atoms with van der Waals surface area (Å²) in [6.07, 6.45) is 0.0951. The fourth-order valence-electron chi connectivity index (χ4n) is 1.66. The van der Waals surface area contributed by atoms with Gasteiger partial charge in [0, 0.05) is 6.42 Å². The Balaban J connectivity index is 4.36. The summed E-state index contributed by atoms with van der Waals surface area (Å²) < 4.78 is 0. The molecule has 4 atom stereocenters. The molecule has 0 saturated carbocycles. The van der Waals surface area contributed by atoms with Gasteiger partial charge in [0.05, 0.1) is 5.92 Å². The molecule has 0 bridgehead atoms. The van der Waals surface area contributed by atoms with Gasteiger partial charge >= 0.3 is 11.9 Å². The second-order valence-electron chi connectivity index (χ2n) is 4.42. The zero-order chi connectivity index (χ0) is 12.2. The van der Waals surface area contributed by atoms with Crippen LogP contribution in [0.2, 0.25) is 0 Å². The number of carboxylic acid groups (broad SMARTS) is 2. The molecule has 2 N–H and O–H groups in total. The topological polar surface area (TPSA) is 74.6 Å². The molecule has 0 radical (unpaired) electrons. The highest BCUT2D eigenvalue weighted by Crippen LogP contribution is 2.28. The Hall–Kier alpha value is -1.06. The van der Waals surface area contributed by atoms with Crippen LogP contribution in [-0.2, 0) is 9.59 Å². The maximum atomic E-state index is 10.8. The molecule has 0 aromatic rings. The molecule has 0 amide bonds. The van der Waals surface area contributed by atoms with Gasteiger partial charge in [0.2, 0.25) is 0 Å². The fourth-order valence-corrected chi connectivity index (χ4v) is 1.66. The summed E-state index contributed by atoms with van der Waals surface area (Å²) in [6.45, 7) is 7.29. The van der Waals surface area contributed by atoms with Gasteiger partial charge in [-0.25, -0.2) is 0 Å². The lowest BCUT2D eigenvalue weighted by molar-refractivity contribution is -0.143. The van der Waals surface area contributed by atoms with Crippen molar-refractivity contribution in [3.8, 4) is 0 Å². The molecule has 88 valence electrons. The highest BCUT2D eigenvalue weighted by Gasteiger charge is 2.28. The van der Waals surface area contributed by atoms with Gasteiger partial charge in [0.15, 0.2) is 0 Å². The van der Waals surface area contributed by atoms with Gasteiger partial charge in [-0.1, -0.05) is 27.7 Å². The molecule has 4 heteroatoms. The lowest BCUT2D eigenvalue weighted by atomic mass is 9.77. The van der Waals surface area contributed by atoms with Gasteiger partial charge in [-0.15, -0.1) is 0 Å². The third-order valence-corrected chi connectivity index (χ3v) is 3.40. The lowest BCUT2D eigenvalue weighted by Crippen LogP contribution is -2.28. The van der Waals surface area contributed by atoms with Crippen molar-refractivity contribution in [1.82, 2.24) is 0 Å². The van der Waals surface area contributed by atoms with Crippen molar-refractivity contribution in [3.63, 3.8) is 0 Å². The standard InChI is InChI=1S/C11H20O4/c1-6(5-10(12)13)7(2)8(3)9(4)11(14)15/h6-9H,5H2,1-4H3,(H,12,13)(H,14,15).